The molecule has 0 saturated carbocycles. The molecule has 0 atom stereocenters. The Morgan fingerprint density at radius 1 is 1.26 bits per heavy atom. The number of unbranched alkanes of at least 4 members (excludes halogenated alkanes) is 3. The van der Waals surface area contributed by atoms with E-state index in [1.54, 1.807) is 18.2 Å². The summed E-state index contributed by atoms with van der Waals surface area (Å²) in [4.78, 5) is 11.5. The molecule has 0 spiro atoms. The van der Waals surface area contributed by atoms with Gasteiger partial charge in [0.1, 0.15) is 5.75 Å². The number of hydrogen-bond donors (Lipinski definition) is 3. The molecular formula is C14H21BrN2O2. The highest BCUT2D eigenvalue weighted by Gasteiger charge is 2.04. The summed E-state index contributed by atoms with van der Waals surface area (Å²) in [5, 5.41) is 15.2. The second kappa shape index (κ2) is 8.80. The Labute approximate surface area is 122 Å². The highest BCUT2D eigenvalue weighted by Crippen LogP contribution is 2.21. The van der Waals surface area contributed by atoms with Gasteiger partial charge in [-0.25, -0.2) is 4.79 Å². The summed E-state index contributed by atoms with van der Waals surface area (Å²) in [5.74, 6) is 0.187. The maximum absolute atomic E-state index is 11.5. The van der Waals surface area contributed by atoms with E-state index in [9.17, 15) is 9.90 Å². The zero-order chi connectivity index (χ0) is 14.1. The second-order valence-electron chi connectivity index (χ2n) is 4.44. The molecule has 0 aliphatic heterocycles. The molecule has 4 nitrogen and oxygen atoms in total. The fraction of sp³-hybridized carbons (Fsp3) is 0.500. The summed E-state index contributed by atoms with van der Waals surface area (Å²) in [7, 11) is 0. The van der Waals surface area contributed by atoms with Crippen LogP contribution in [0.4, 0.5) is 4.79 Å². The predicted octanol–water partition coefficient (Wildman–Crippen LogP) is 3.53. The van der Waals surface area contributed by atoms with Gasteiger partial charge < -0.3 is 15.7 Å². The van der Waals surface area contributed by atoms with Crippen LogP contribution in [-0.2, 0) is 6.54 Å². The first-order valence-electron chi connectivity index (χ1n) is 6.62. The SMILES string of the molecule is CCCCCCNC(=O)NCc1cc(Br)ccc1O. The summed E-state index contributed by atoms with van der Waals surface area (Å²) in [5.41, 5.74) is 0.690. The average molecular weight is 329 g/mol. The van der Waals surface area contributed by atoms with Gasteiger partial charge in [-0.1, -0.05) is 42.1 Å². The molecule has 3 N–H and O–H groups in total. The van der Waals surface area contributed by atoms with Crippen LogP contribution in [-0.4, -0.2) is 17.7 Å². The smallest absolute Gasteiger partial charge is 0.315 e. The van der Waals surface area contributed by atoms with E-state index >= 15 is 0 Å². The minimum atomic E-state index is -0.198. The van der Waals surface area contributed by atoms with E-state index in [1.165, 1.54) is 12.8 Å². The normalized spacial score (nSPS) is 10.2. The number of aromatic hydroxyl groups is 1. The molecule has 106 valence electrons. The topological polar surface area (TPSA) is 61.4 Å². The van der Waals surface area contributed by atoms with Gasteiger partial charge in [-0.15, -0.1) is 0 Å². The maximum atomic E-state index is 11.5. The molecule has 0 saturated heterocycles. The zero-order valence-electron chi connectivity index (χ0n) is 11.2. The number of phenolic OH excluding ortho intramolecular Hbond substituents is 1. The molecule has 0 aliphatic rings. The lowest BCUT2D eigenvalue weighted by Crippen LogP contribution is -2.35. The summed E-state index contributed by atoms with van der Waals surface area (Å²) in [6.07, 6.45) is 4.54. The summed E-state index contributed by atoms with van der Waals surface area (Å²) < 4.78 is 0.877. The highest BCUT2D eigenvalue weighted by atomic mass is 79.9. The molecule has 1 aromatic carbocycles. The Bertz CT molecular complexity index is 410. The number of halogens is 1. The van der Waals surface area contributed by atoms with E-state index in [0.29, 0.717) is 18.7 Å². The van der Waals surface area contributed by atoms with Crippen molar-refractivity contribution in [2.45, 2.75) is 39.2 Å². The van der Waals surface area contributed by atoms with E-state index in [0.717, 1.165) is 17.3 Å². The maximum Gasteiger partial charge on any atom is 0.315 e. The lowest BCUT2D eigenvalue weighted by Gasteiger charge is -2.09. The number of amides is 2. The van der Waals surface area contributed by atoms with Crippen LogP contribution in [0.2, 0.25) is 0 Å². The van der Waals surface area contributed by atoms with Crippen LogP contribution in [0.15, 0.2) is 22.7 Å². The van der Waals surface area contributed by atoms with Crippen LogP contribution in [0.5, 0.6) is 5.75 Å². The van der Waals surface area contributed by atoms with Gasteiger partial charge in [-0.2, -0.15) is 0 Å². The Hall–Kier alpha value is -1.23. The molecular weight excluding hydrogens is 308 g/mol. The van der Waals surface area contributed by atoms with E-state index in [2.05, 4.69) is 33.5 Å². The fourth-order valence-electron chi connectivity index (χ4n) is 1.69. The average Bonchev–Trinajstić information content (AvgIpc) is 2.39. The Balaban J connectivity index is 2.24. The van der Waals surface area contributed by atoms with E-state index in [1.807, 2.05) is 0 Å². The van der Waals surface area contributed by atoms with Crippen molar-refractivity contribution in [1.82, 2.24) is 10.6 Å². The Morgan fingerprint density at radius 3 is 2.79 bits per heavy atom. The van der Waals surface area contributed by atoms with Crippen molar-refractivity contribution in [3.63, 3.8) is 0 Å². The molecule has 19 heavy (non-hydrogen) atoms. The molecule has 5 heteroatoms. The molecule has 0 heterocycles. The van der Waals surface area contributed by atoms with Crippen LogP contribution in [0.3, 0.4) is 0 Å². The number of benzene rings is 1. The van der Waals surface area contributed by atoms with Crippen molar-refractivity contribution >= 4 is 22.0 Å². The first-order chi connectivity index (χ1) is 9.13. The van der Waals surface area contributed by atoms with Crippen LogP contribution >= 0.6 is 15.9 Å². The van der Waals surface area contributed by atoms with Crippen LogP contribution in [0, 0.1) is 0 Å². The molecule has 0 radical (unpaired) electrons. The van der Waals surface area contributed by atoms with Crippen molar-refractivity contribution in [3.05, 3.63) is 28.2 Å². The number of rotatable bonds is 7. The number of nitrogens with one attached hydrogen (secondary N) is 2. The largest absolute Gasteiger partial charge is 0.508 e. The standard InChI is InChI=1S/C14H21BrN2O2/c1-2-3-4-5-8-16-14(19)17-10-11-9-12(15)6-7-13(11)18/h6-7,9,18H,2-5,8,10H2,1H3,(H2,16,17,19). The molecule has 0 aliphatic carbocycles. The first kappa shape index (κ1) is 15.8. The molecule has 1 rings (SSSR count). The molecule has 0 aromatic heterocycles. The van der Waals surface area contributed by atoms with Crippen LogP contribution in [0.25, 0.3) is 0 Å². The third kappa shape index (κ3) is 6.47. The van der Waals surface area contributed by atoms with Gasteiger partial charge in [-0.05, 0) is 24.6 Å². The number of carbonyl (C=O) groups excluding carboxylic acids is 1. The van der Waals surface area contributed by atoms with Gasteiger partial charge >= 0.3 is 6.03 Å². The lowest BCUT2D eigenvalue weighted by molar-refractivity contribution is 0.240. The van der Waals surface area contributed by atoms with Crippen molar-refractivity contribution < 1.29 is 9.90 Å². The molecule has 0 unspecified atom stereocenters. The zero-order valence-corrected chi connectivity index (χ0v) is 12.8. The van der Waals surface area contributed by atoms with Crippen molar-refractivity contribution in [2.24, 2.45) is 0 Å². The minimum Gasteiger partial charge on any atom is -0.508 e. The first-order valence-corrected chi connectivity index (χ1v) is 7.42. The molecule has 1 aromatic rings. The van der Waals surface area contributed by atoms with Gasteiger partial charge in [0.15, 0.2) is 0 Å². The third-order valence-electron chi connectivity index (χ3n) is 2.80. The van der Waals surface area contributed by atoms with E-state index < -0.39 is 0 Å². The van der Waals surface area contributed by atoms with Gasteiger partial charge in [0.25, 0.3) is 0 Å². The van der Waals surface area contributed by atoms with Crippen molar-refractivity contribution in [1.29, 1.82) is 0 Å². The predicted molar refractivity (Wildman–Crippen MR) is 80.2 cm³/mol. The molecule has 0 bridgehead atoms. The summed E-state index contributed by atoms with van der Waals surface area (Å²) >= 11 is 3.33. The Kier molecular flexibility index (Phi) is 7.33. The molecule has 0 fully saturated rings. The van der Waals surface area contributed by atoms with Gasteiger partial charge in [-0.3, -0.25) is 0 Å². The van der Waals surface area contributed by atoms with Crippen molar-refractivity contribution in [2.75, 3.05) is 6.54 Å². The number of phenols is 1. The Morgan fingerprint density at radius 2 is 2.05 bits per heavy atom. The summed E-state index contributed by atoms with van der Waals surface area (Å²) in [6.45, 7) is 3.16. The fourth-order valence-corrected chi connectivity index (χ4v) is 2.10. The third-order valence-corrected chi connectivity index (χ3v) is 3.29. The van der Waals surface area contributed by atoms with Gasteiger partial charge in [0, 0.05) is 23.1 Å². The van der Waals surface area contributed by atoms with Crippen LogP contribution < -0.4 is 10.6 Å². The van der Waals surface area contributed by atoms with E-state index in [4.69, 9.17) is 0 Å². The summed E-state index contributed by atoms with van der Waals surface area (Å²) in [6, 6.07) is 4.95. The highest BCUT2D eigenvalue weighted by molar-refractivity contribution is 9.10. The number of carbonyl (C=O) groups is 1. The minimum absolute atomic E-state index is 0.187. The quantitative estimate of drug-likeness (QED) is 0.670. The lowest BCUT2D eigenvalue weighted by atomic mass is 10.2. The van der Waals surface area contributed by atoms with Crippen LogP contribution in [0.1, 0.15) is 38.2 Å². The van der Waals surface area contributed by atoms with Gasteiger partial charge in [0.2, 0.25) is 0 Å². The monoisotopic (exact) mass is 328 g/mol. The second-order valence-corrected chi connectivity index (χ2v) is 5.36. The van der Waals surface area contributed by atoms with E-state index in [-0.39, 0.29) is 11.8 Å². The van der Waals surface area contributed by atoms with Crippen molar-refractivity contribution in [3.8, 4) is 5.75 Å². The van der Waals surface area contributed by atoms with Gasteiger partial charge in [0.05, 0.1) is 0 Å². The molecule has 2 amide bonds. The number of hydrogen-bond acceptors (Lipinski definition) is 2. The number of urea groups is 1.